The number of nitrogens with zero attached hydrogens (tertiary/aromatic N) is 4. The lowest BCUT2D eigenvalue weighted by Crippen LogP contribution is -2.03. The second-order valence-electron chi connectivity index (χ2n) is 5.57. The molecule has 2 aromatic heterocycles. The molecule has 0 bridgehead atoms. The van der Waals surface area contributed by atoms with Gasteiger partial charge >= 0.3 is 0 Å². The van der Waals surface area contributed by atoms with Crippen LogP contribution in [0.25, 0.3) is 11.0 Å². The number of methoxy groups -OCH3 is 1. The molecule has 0 radical (unpaired) electrons. The normalized spacial score (nSPS) is 10.8. The molecule has 2 aromatic carbocycles. The van der Waals surface area contributed by atoms with Gasteiger partial charge in [-0.2, -0.15) is 5.10 Å². The summed E-state index contributed by atoms with van der Waals surface area (Å²) in [6.07, 6.45) is 3.33. The van der Waals surface area contributed by atoms with E-state index in [0.29, 0.717) is 12.4 Å². The second-order valence-corrected chi connectivity index (χ2v) is 5.57. The first kappa shape index (κ1) is 15.1. The third-order valence-electron chi connectivity index (χ3n) is 3.97. The van der Waals surface area contributed by atoms with E-state index in [1.165, 1.54) is 5.56 Å². The lowest BCUT2D eigenvalue weighted by atomic mass is 10.2. The van der Waals surface area contributed by atoms with Crippen molar-refractivity contribution in [2.24, 2.45) is 0 Å². The molecule has 0 saturated carbocycles. The van der Waals surface area contributed by atoms with Gasteiger partial charge in [0.2, 0.25) is 0 Å². The minimum Gasteiger partial charge on any atom is -0.495 e. The van der Waals surface area contributed by atoms with Crippen LogP contribution in [0.1, 0.15) is 5.56 Å². The summed E-state index contributed by atoms with van der Waals surface area (Å²) in [6.45, 7) is 0.662. The molecule has 124 valence electrons. The van der Waals surface area contributed by atoms with Crippen LogP contribution in [0.3, 0.4) is 0 Å². The molecular formula is C19H17N5O. The largest absolute Gasteiger partial charge is 0.495 e. The highest BCUT2D eigenvalue weighted by Crippen LogP contribution is 2.29. The molecule has 6 heteroatoms. The van der Waals surface area contributed by atoms with Crippen LogP contribution >= 0.6 is 0 Å². The zero-order valence-corrected chi connectivity index (χ0v) is 13.8. The molecular weight excluding hydrogens is 314 g/mol. The molecule has 0 aliphatic heterocycles. The molecule has 4 rings (SSSR count). The molecule has 0 saturated heterocycles. The van der Waals surface area contributed by atoms with Crippen LogP contribution in [0.15, 0.2) is 67.1 Å². The van der Waals surface area contributed by atoms with Crippen LogP contribution in [-0.2, 0) is 6.54 Å². The Morgan fingerprint density at radius 3 is 2.64 bits per heavy atom. The molecule has 4 aromatic rings. The Labute approximate surface area is 145 Å². The number of nitrogens with one attached hydrogen (secondary N) is 1. The van der Waals surface area contributed by atoms with E-state index in [1.807, 2.05) is 47.1 Å². The van der Waals surface area contributed by atoms with Crippen molar-refractivity contribution in [2.45, 2.75) is 6.54 Å². The van der Waals surface area contributed by atoms with E-state index >= 15 is 0 Å². The fourth-order valence-corrected chi connectivity index (χ4v) is 2.74. The average molecular weight is 331 g/mol. The maximum Gasteiger partial charge on any atom is 0.163 e. The topological polar surface area (TPSA) is 64.9 Å². The van der Waals surface area contributed by atoms with Crippen molar-refractivity contribution in [1.29, 1.82) is 0 Å². The van der Waals surface area contributed by atoms with E-state index < -0.39 is 0 Å². The molecule has 0 unspecified atom stereocenters. The number of fused-ring (bicyclic) bond motifs is 1. The zero-order valence-electron chi connectivity index (χ0n) is 13.8. The standard InChI is InChI=1S/C19H17N5O/c1-25-17-10-6-5-9-16(17)23-18-15-11-22-24(19(15)21-13-20-18)12-14-7-3-2-4-8-14/h2-11,13H,12H2,1H3,(H,20,21,23). The van der Waals surface area contributed by atoms with Crippen molar-refractivity contribution in [3.05, 3.63) is 72.7 Å². The minimum atomic E-state index is 0.662. The van der Waals surface area contributed by atoms with E-state index in [9.17, 15) is 0 Å². The molecule has 0 fully saturated rings. The van der Waals surface area contributed by atoms with Crippen LogP contribution in [0.5, 0.6) is 5.75 Å². The Hall–Kier alpha value is -3.41. The summed E-state index contributed by atoms with van der Waals surface area (Å²) in [4.78, 5) is 8.77. The number of ether oxygens (including phenoxy) is 1. The van der Waals surface area contributed by atoms with Gasteiger partial charge in [-0.3, -0.25) is 0 Å². The predicted molar refractivity (Wildman–Crippen MR) is 97.1 cm³/mol. The molecule has 0 aliphatic rings. The van der Waals surface area contributed by atoms with Gasteiger partial charge in [-0.05, 0) is 17.7 Å². The van der Waals surface area contributed by atoms with Crippen molar-refractivity contribution in [1.82, 2.24) is 19.7 Å². The summed E-state index contributed by atoms with van der Waals surface area (Å²) in [5, 5.41) is 8.66. The van der Waals surface area contributed by atoms with E-state index in [1.54, 1.807) is 19.6 Å². The molecule has 0 amide bonds. The Morgan fingerprint density at radius 2 is 1.80 bits per heavy atom. The number of aromatic nitrogens is 4. The molecule has 25 heavy (non-hydrogen) atoms. The third-order valence-corrected chi connectivity index (χ3v) is 3.97. The number of hydrogen-bond acceptors (Lipinski definition) is 5. The first-order chi connectivity index (χ1) is 12.3. The van der Waals surface area contributed by atoms with Crippen LogP contribution < -0.4 is 10.1 Å². The van der Waals surface area contributed by atoms with Crippen LogP contribution in [0.4, 0.5) is 11.5 Å². The van der Waals surface area contributed by atoms with E-state index in [-0.39, 0.29) is 0 Å². The van der Waals surface area contributed by atoms with Gasteiger partial charge in [-0.15, -0.1) is 0 Å². The first-order valence-corrected chi connectivity index (χ1v) is 7.95. The monoisotopic (exact) mass is 331 g/mol. The number of hydrogen-bond donors (Lipinski definition) is 1. The maximum atomic E-state index is 5.39. The van der Waals surface area contributed by atoms with Crippen molar-refractivity contribution in [3.8, 4) is 5.75 Å². The zero-order chi connectivity index (χ0) is 17.1. The summed E-state index contributed by atoms with van der Waals surface area (Å²) in [6, 6.07) is 17.9. The lowest BCUT2D eigenvalue weighted by molar-refractivity contribution is 0.417. The highest BCUT2D eigenvalue weighted by molar-refractivity contribution is 5.88. The Kier molecular flexibility index (Phi) is 4.00. The average Bonchev–Trinajstić information content (AvgIpc) is 3.07. The van der Waals surface area contributed by atoms with Crippen molar-refractivity contribution in [2.75, 3.05) is 12.4 Å². The van der Waals surface area contributed by atoms with Crippen molar-refractivity contribution in [3.63, 3.8) is 0 Å². The first-order valence-electron chi connectivity index (χ1n) is 7.95. The fourth-order valence-electron chi connectivity index (χ4n) is 2.74. The quantitative estimate of drug-likeness (QED) is 0.605. The Morgan fingerprint density at radius 1 is 1.00 bits per heavy atom. The van der Waals surface area contributed by atoms with E-state index in [2.05, 4.69) is 32.5 Å². The number of benzene rings is 2. The molecule has 0 spiro atoms. The highest BCUT2D eigenvalue weighted by atomic mass is 16.5. The highest BCUT2D eigenvalue weighted by Gasteiger charge is 2.11. The smallest absolute Gasteiger partial charge is 0.163 e. The van der Waals surface area contributed by atoms with Crippen LogP contribution in [-0.4, -0.2) is 26.9 Å². The summed E-state index contributed by atoms with van der Waals surface area (Å²) in [5.41, 5.74) is 2.81. The summed E-state index contributed by atoms with van der Waals surface area (Å²) in [7, 11) is 1.65. The summed E-state index contributed by atoms with van der Waals surface area (Å²) < 4.78 is 7.26. The predicted octanol–water partition coefficient (Wildman–Crippen LogP) is 3.63. The molecule has 6 nitrogen and oxygen atoms in total. The Balaban J connectivity index is 1.69. The van der Waals surface area contributed by atoms with Crippen LogP contribution in [0, 0.1) is 0 Å². The SMILES string of the molecule is COc1ccccc1Nc1ncnc2c1cnn2Cc1ccccc1. The van der Waals surface area contributed by atoms with Crippen molar-refractivity contribution < 1.29 is 4.74 Å². The van der Waals surface area contributed by atoms with Gasteiger partial charge < -0.3 is 10.1 Å². The molecule has 0 aliphatic carbocycles. The number of para-hydroxylation sites is 2. The van der Waals surface area contributed by atoms with Gasteiger partial charge in [0.05, 0.1) is 30.9 Å². The van der Waals surface area contributed by atoms with Gasteiger partial charge in [0, 0.05) is 0 Å². The van der Waals surface area contributed by atoms with Gasteiger partial charge in [-0.1, -0.05) is 42.5 Å². The van der Waals surface area contributed by atoms with Gasteiger partial charge in [0.1, 0.15) is 17.9 Å². The minimum absolute atomic E-state index is 0.662. The molecule has 2 heterocycles. The summed E-state index contributed by atoms with van der Waals surface area (Å²) >= 11 is 0. The van der Waals surface area contributed by atoms with Crippen LogP contribution in [0.2, 0.25) is 0 Å². The fraction of sp³-hybridized carbons (Fsp3) is 0.105. The maximum absolute atomic E-state index is 5.39. The number of rotatable bonds is 5. The van der Waals surface area contributed by atoms with Crippen molar-refractivity contribution >= 4 is 22.5 Å². The Bertz CT molecular complexity index is 997. The third kappa shape index (κ3) is 3.01. The second kappa shape index (κ2) is 6.60. The molecule has 1 N–H and O–H groups in total. The molecule has 0 atom stereocenters. The summed E-state index contributed by atoms with van der Waals surface area (Å²) in [5.74, 6) is 1.46. The van der Waals surface area contributed by atoms with Gasteiger partial charge in [0.25, 0.3) is 0 Å². The van der Waals surface area contributed by atoms with E-state index in [4.69, 9.17) is 4.74 Å². The van der Waals surface area contributed by atoms with Gasteiger partial charge in [-0.25, -0.2) is 14.6 Å². The van der Waals surface area contributed by atoms with E-state index in [0.717, 1.165) is 22.5 Å². The van der Waals surface area contributed by atoms with Gasteiger partial charge in [0.15, 0.2) is 5.65 Å². The lowest BCUT2D eigenvalue weighted by Gasteiger charge is -2.10. The number of anilines is 2.